The van der Waals surface area contributed by atoms with E-state index in [9.17, 15) is 4.79 Å². The van der Waals surface area contributed by atoms with Gasteiger partial charge in [-0.25, -0.2) is 4.79 Å². The molecule has 3 rings (SSSR count). The summed E-state index contributed by atoms with van der Waals surface area (Å²) in [6.45, 7) is 7.69. The molecule has 0 spiro atoms. The first kappa shape index (κ1) is 23.8. The lowest BCUT2D eigenvalue weighted by atomic mass is 9.60. The zero-order chi connectivity index (χ0) is 22.3. The van der Waals surface area contributed by atoms with Crippen LogP contribution in [-0.4, -0.2) is 37.2 Å². The van der Waals surface area contributed by atoms with Gasteiger partial charge in [-0.15, -0.1) is 0 Å². The molecule has 2 aromatic carbocycles. The van der Waals surface area contributed by atoms with E-state index in [1.54, 1.807) is 7.11 Å². The van der Waals surface area contributed by atoms with Crippen molar-refractivity contribution in [1.82, 2.24) is 0 Å². The molecule has 6 heteroatoms. The van der Waals surface area contributed by atoms with E-state index in [4.69, 9.17) is 18.9 Å². The number of aryl methyl sites for hydroxylation is 1. The van der Waals surface area contributed by atoms with E-state index in [0.717, 1.165) is 17.5 Å². The maximum absolute atomic E-state index is 12.6. The van der Waals surface area contributed by atoms with E-state index >= 15 is 0 Å². The Labute approximate surface area is 189 Å². The molecule has 5 nitrogen and oxygen atoms in total. The number of hydrogen-bond donors (Lipinski definition) is 0. The summed E-state index contributed by atoms with van der Waals surface area (Å²) < 4.78 is 22.4. The summed E-state index contributed by atoms with van der Waals surface area (Å²) in [7, 11) is 1.61. The molecule has 1 fully saturated rings. The molecule has 0 amide bonds. The van der Waals surface area contributed by atoms with Gasteiger partial charge in [-0.1, -0.05) is 61.9 Å². The van der Waals surface area contributed by atoms with Crippen LogP contribution in [0.3, 0.4) is 0 Å². The molecule has 168 valence electrons. The van der Waals surface area contributed by atoms with Crippen molar-refractivity contribution in [2.45, 2.75) is 45.2 Å². The normalized spacial score (nSPS) is 22.0. The fraction of sp³-hybridized carbons (Fsp3) is 0.480. The summed E-state index contributed by atoms with van der Waals surface area (Å²) in [6.07, 6.45) is 0.824. The van der Waals surface area contributed by atoms with Crippen LogP contribution in [0.5, 0.6) is 5.75 Å². The number of ether oxygens (including phenoxy) is 4. The predicted octanol–water partition coefficient (Wildman–Crippen LogP) is 5.85. The number of carbonyl (C=O) groups excluding carboxylic acids is 1. The quantitative estimate of drug-likeness (QED) is 0.260. The summed E-state index contributed by atoms with van der Waals surface area (Å²) in [6, 6.07) is 17.7. The Kier molecular flexibility index (Phi) is 8.55. The van der Waals surface area contributed by atoms with Crippen molar-refractivity contribution in [3.63, 3.8) is 0 Å². The highest BCUT2D eigenvalue weighted by atomic mass is 32.2. The number of benzene rings is 2. The third-order valence-corrected chi connectivity index (χ3v) is 7.25. The van der Waals surface area contributed by atoms with E-state index in [-0.39, 0.29) is 34.8 Å². The number of carbonyl (C=O) groups is 1. The lowest BCUT2D eigenvalue weighted by Crippen LogP contribution is -2.61. The van der Waals surface area contributed by atoms with Crippen molar-refractivity contribution in [3.05, 3.63) is 65.7 Å². The van der Waals surface area contributed by atoms with Gasteiger partial charge in [0.1, 0.15) is 12.5 Å². The van der Waals surface area contributed by atoms with Gasteiger partial charge in [0.05, 0.1) is 12.7 Å². The molecule has 0 saturated heterocycles. The summed E-state index contributed by atoms with van der Waals surface area (Å²) in [5.41, 5.74) is 2.10. The monoisotopic (exact) mass is 444 g/mol. The average Bonchev–Trinajstić information content (AvgIpc) is 2.76. The van der Waals surface area contributed by atoms with Crippen LogP contribution >= 0.6 is 11.8 Å². The zero-order valence-corrected chi connectivity index (χ0v) is 19.5. The Balaban J connectivity index is 1.63. The average molecular weight is 445 g/mol. The van der Waals surface area contributed by atoms with Crippen molar-refractivity contribution >= 4 is 17.1 Å². The largest absolute Gasteiger partial charge is 0.418 e. The van der Waals surface area contributed by atoms with Gasteiger partial charge in [-0.2, -0.15) is 0 Å². The van der Waals surface area contributed by atoms with Crippen LogP contribution in [0.25, 0.3) is 0 Å². The molecule has 1 aliphatic carbocycles. The Morgan fingerprint density at radius 2 is 1.77 bits per heavy atom. The highest BCUT2D eigenvalue weighted by Crippen LogP contribution is 2.55. The lowest BCUT2D eigenvalue weighted by molar-refractivity contribution is -0.150. The summed E-state index contributed by atoms with van der Waals surface area (Å²) in [4.78, 5) is 12.6. The van der Waals surface area contributed by atoms with Gasteiger partial charge in [0.2, 0.25) is 0 Å². The van der Waals surface area contributed by atoms with Gasteiger partial charge in [0.25, 0.3) is 0 Å². The van der Waals surface area contributed by atoms with Gasteiger partial charge in [-0.3, -0.25) is 0 Å². The first-order valence-corrected chi connectivity index (χ1v) is 11.5. The second-order valence-electron chi connectivity index (χ2n) is 8.51. The van der Waals surface area contributed by atoms with Crippen LogP contribution in [0.1, 0.15) is 31.4 Å². The minimum atomic E-state index is -0.286. The fourth-order valence-electron chi connectivity index (χ4n) is 4.14. The molecule has 1 aliphatic rings. The van der Waals surface area contributed by atoms with Crippen LogP contribution in [0.4, 0.5) is 4.79 Å². The van der Waals surface area contributed by atoms with E-state index < -0.39 is 0 Å². The molecule has 0 bridgehead atoms. The van der Waals surface area contributed by atoms with Crippen LogP contribution in [0.15, 0.2) is 54.6 Å². The van der Waals surface area contributed by atoms with Crippen molar-refractivity contribution < 1.29 is 23.7 Å². The Bertz CT molecular complexity index is 822. The van der Waals surface area contributed by atoms with Crippen LogP contribution in [0.2, 0.25) is 0 Å². The smallest absolute Gasteiger partial charge is 0.373 e. The van der Waals surface area contributed by atoms with Gasteiger partial charge in [-0.05, 0) is 42.8 Å². The number of thioether (sulfide) groups is 1. The molecule has 1 saturated carbocycles. The third-order valence-electron chi connectivity index (χ3n) is 5.76. The maximum Gasteiger partial charge on any atom is 0.373 e. The van der Waals surface area contributed by atoms with Crippen molar-refractivity contribution in [1.29, 1.82) is 0 Å². The van der Waals surface area contributed by atoms with Crippen molar-refractivity contribution in [2.75, 3.05) is 20.5 Å². The highest BCUT2D eigenvalue weighted by Gasteiger charge is 2.58. The Morgan fingerprint density at radius 1 is 1.06 bits per heavy atom. The SMILES string of the molecule is COCOCC[C@@H]1[C@@H](OCc2ccccc2)C(C)(C)[C@@H]1SC(=O)Oc1ccc(C)cc1. The molecule has 0 radical (unpaired) electrons. The Morgan fingerprint density at radius 3 is 2.45 bits per heavy atom. The van der Waals surface area contributed by atoms with Gasteiger partial charge >= 0.3 is 5.30 Å². The lowest BCUT2D eigenvalue weighted by Gasteiger charge is -2.57. The molecule has 0 N–H and O–H groups in total. The Hall–Kier alpha value is -1.86. The minimum absolute atomic E-state index is 0.0310. The predicted molar refractivity (Wildman–Crippen MR) is 123 cm³/mol. The third kappa shape index (κ3) is 6.32. The second kappa shape index (κ2) is 11.1. The summed E-state index contributed by atoms with van der Waals surface area (Å²) in [5, 5.41) is -0.205. The molecule has 0 aromatic heterocycles. The fourth-order valence-corrected chi connectivity index (χ4v) is 5.38. The van der Waals surface area contributed by atoms with Crippen molar-refractivity contribution in [3.8, 4) is 5.75 Å². The standard InChI is InChI=1S/C25H32O5S/c1-18-10-12-20(13-11-18)30-24(26)31-23-21(14-15-28-17-27-4)22(25(23,2)3)29-16-19-8-6-5-7-9-19/h5-13,21-23H,14-17H2,1-4H3/t21-,22-,23-/m1/s1. The van der Waals surface area contributed by atoms with Crippen LogP contribution in [0, 0.1) is 18.3 Å². The molecule has 0 unspecified atom stereocenters. The topological polar surface area (TPSA) is 54.0 Å². The van der Waals surface area contributed by atoms with Gasteiger partial charge < -0.3 is 18.9 Å². The molecular weight excluding hydrogens is 412 g/mol. The van der Waals surface area contributed by atoms with Crippen LogP contribution < -0.4 is 4.74 Å². The number of methoxy groups -OCH3 is 1. The highest BCUT2D eigenvalue weighted by molar-refractivity contribution is 8.13. The summed E-state index contributed by atoms with van der Waals surface area (Å²) >= 11 is 1.26. The first-order chi connectivity index (χ1) is 14.9. The molecule has 0 heterocycles. The van der Waals surface area contributed by atoms with Crippen molar-refractivity contribution in [2.24, 2.45) is 11.3 Å². The number of rotatable bonds is 10. The molecular formula is C25H32O5S. The van der Waals surface area contributed by atoms with Gasteiger partial charge in [0.15, 0.2) is 0 Å². The molecule has 2 aromatic rings. The molecule has 3 atom stereocenters. The van der Waals surface area contributed by atoms with E-state index in [2.05, 4.69) is 26.0 Å². The first-order valence-electron chi connectivity index (χ1n) is 10.6. The number of hydrogen-bond acceptors (Lipinski definition) is 6. The molecule has 0 aliphatic heterocycles. The minimum Gasteiger partial charge on any atom is -0.418 e. The van der Waals surface area contributed by atoms with Crippen LogP contribution in [-0.2, 0) is 20.8 Å². The van der Waals surface area contributed by atoms with Gasteiger partial charge in [0, 0.05) is 30.3 Å². The molecule has 31 heavy (non-hydrogen) atoms. The van der Waals surface area contributed by atoms with E-state index in [1.807, 2.05) is 49.4 Å². The van der Waals surface area contributed by atoms with E-state index in [0.29, 0.717) is 19.0 Å². The second-order valence-corrected chi connectivity index (χ2v) is 9.59. The van der Waals surface area contributed by atoms with E-state index in [1.165, 1.54) is 11.8 Å². The maximum atomic E-state index is 12.6. The zero-order valence-electron chi connectivity index (χ0n) is 18.7. The summed E-state index contributed by atoms with van der Waals surface area (Å²) in [5.74, 6) is 0.753.